The second-order valence-corrected chi connectivity index (χ2v) is 9.83. The van der Waals surface area contributed by atoms with Crippen molar-refractivity contribution in [3.8, 4) is 11.5 Å². The highest BCUT2D eigenvalue weighted by molar-refractivity contribution is 5.64. The molecule has 1 fully saturated rings. The molecule has 2 N–H and O–H groups in total. The van der Waals surface area contributed by atoms with Crippen LogP contribution in [0.15, 0.2) is 36.4 Å². The van der Waals surface area contributed by atoms with Crippen molar-refractivity contribution in [3.63, 3.8) is 0 Å². The molecule has 0 saturated heterocycles. The van der Waals surface area contributed by atoms with Crippen LogP contribution in [0, 0.1) is 23.2 Å². The molecule has 5 rings (SSSR count). The standard InChI is InChI=1S/C24H28O2/c1-23(2,3)16-12-17-10-14-6-4-8-19(25)21(14)24(17)18(13-16)11-15-7-5-9-20(26)22(15)24/h4-9,16-18,25-26H,10-13H2,1-3H3/t17-,18-,24?/m0/s1. The van der Waals surface area contributed by atoms with Crippen molar-refractivity contribution >= 4 is 0 Å². The van der Waals surface area contributed by atoms with Gasteiger partial charge in [-0.1, -0.05) is 45.0 Å². The van der Waals surface area contributed by atoms with E-state index >= 15 is 0 Å². The van der Waals surface area contributed by atoms with Crippen molar-refractivity contribution in [3.05, 3.63) is 58.7 Å². The number of benzene rings is 2. The zero-order valence-corrected chi connectivity index (χ0v) is 15.9. The second kappa shape index (κ2) is 5.06. The summed E-state index contributed by atoms with van der Waals surface area (Å²) in [6, 6.07) is 12.0. The van der Waals surface area contributed by atoms with Crippen LogP contribution >= 0.6 is 0 Å². The van der Waals surface area contributed by atoms with E-state index in [1.165, 1.54) is 24.0 Å². The lowest BCUT2D eigenvalue weighted by atomic mass is 9.53. The molecule has 136 valence electrons. The molecule has 0 aliphatic heterocycles. The number of rotatable bonds is 0. The summed E-state index contributed by atoms with van der Waals surface area (Å²) in [5.74, 6) is 2.44. The summed E-state index contributed by atoms with van der Waals surface area (Å²) in [5.41, 5.74) is 4.88. The van der Waals surface area contributed by atoms with Crippen LogP contribution < -0.4 is 0 Å². The quantitative estimate of drug-likeness (QED) is 0.688. The Balaban J connectivity index is 1.78. The Bertz CT molecular complexity index is 822. The lowest BCUT2D eigenvalue weighted by Crippen LogP contribution is -2.46. The SMILES string of the molecule is CC(C)(C)C1C[C@@H]2Cc3cccc(O)c3C23c2c(O)cccc2C[C@H]3C1. The third kappa shape index (κ3) is 1.88. The van der Waals surface area contributed by atoms with Crippen LogP contribution in [-0.4, -0.2) is 10.2 Å². The Morgan fingerprint density at radius 1 is 0.808 bits per heavy atom. The van der Waals surface area contributed by atoms with Crippen molar-refractivity contribution in [2.45, 2.75) is 51.9 Å². The van der Waals surface area contributed by atoms with E-state index in [4.69, 9.17) is 0 Å². The van der Waals surface area contributed by atoms with Gasteiger partial charge in [-0.05, 0) is 72.1 Å². The maximum atomic E-state index is 10.9. The molecular formula is C24H28O2. The normalized spacial score (nSPS) is 31.9. The molecule has 3 aliphatic carbocycles. The summed E-state index contributed by atoms with van der Waals surface area (Å²) in [4.78, 5) is 0. The summed E-state index contributed by atoms with van der Waals surface area (Å²) < 4.78 is 0. The maximum Gasteiger partial charge on any atom is 0.119 e. The third-order valence-electron chi connectivity index (χ3n) is 7.67. The predicted octanol–water partition coefficient (Wildman–Crippen LogP) is 5.18. The number of phenolic OH excluding ortho intramolecular Hbond substituents is 2. The van der Waals surface area contributed by atoms with Gasteiger partial charge >= 0.3 is 0 Å². The molecule has 3 aliphatic rings. The first kappa shape index (κ1) is 16.2. The molecule has 0 bridgehead atoms. The van der Waals surface area contributed by atoms with Gasteiger partial charge in [0.15, 0.2) is 0 Å². The summed E-state index contributed by atoms with van der Waals surface area (Å²) in [6.45, 7) is 7.09. The van der Waals surface area contributed by atoms with E-state index in [1.807, 2.05) is 24.3 Å². The second-order valence-electron chi connectivity index (χ2n) is 9.83. The third-order valence-corrected chi connectivity index (χ3v) is 7.67. The molecule has 0 heterocycles. The van der Waals surface area contributed by atoms with Crippen molar-refractivity contribution < 1.29 is 10.2 Å². The molecule has 2 aromatic carbocycles. The molecule has 2 atom stereocenters. The molecule has 1 saturated carbocycles. The van der Waals surface area contributed by atoms with Crippen LogP contribution in [0.25, 0.3) is 0 Å². The molecule has 26 heavy (non-hydrogen) atoms. The summed E-state index contributed by atoms with van der Waals surface area (Å²) >= 11 is 0. The highest BCUT2D eigenvalue weighted by Crippen LogP contribution is 2.67. The van der Waals surface area contributed by atoms with E-state index in [1.54, 1.807) is 0 Å². The van der Waals surface area contributed by atoms with Crippen LogP contribution in [0.1, 0.15) is 55.9 Å². The van der Waals surface area contributed by atoms with Crippen molar-refractivity contribution in [2.24, 2.45) is 23.2 Å². The predicted molar refractivity (Wildman–Crippen MR) is 104 cm³/mol. The Kier molecular flexibility index (Phi) is 3.16. The first-order chi connectivity index (χ1) is 12.3. The molecular weight excluding hydrogens is 320 g/mol. The Labute approximate surface area is 155 Å². The zero-order chi connectivity index (χ0) is 18.3. The molecule has 2 heteroatoms. The molecule has 0 unspecified atom stereocenters. The monoisotopic (exact) mass is 348 g/mol. The number of aromatic hydroxyl groups is 2. The largest absolute Gasteiger partial charge is 0.508 e. The van der Waals surface area contributed by atoms with E-state index in [0.717, 1.165) is 24.0 Å². The van der Waals surface area contributed by atoms with Crippen molar-refractivity contribution in [1.29, 1.82) is 0 Å². The Morgan fingerprint density at radius 3 is 1.69 bits per heavy atom. The lowest BCUT2D eigenvalue weighted by molar-refractivity contribution is 0.0591. The van der Waals surface area contributed by atoms with Crippen LogP contribution in [-0.2, 0) is 18.3 Å². The van der Waals surface area contributed by atoms with Crippen LogP contribution in [0.4, 0.5) is 0 Å². The first-order valence-corrected chi connectivity index (χ1v) is 9.96. The Morgan fingerprint density at radius 2 is 1.27 bits per heavy atom. The number of phenols is 2. The molecule has 2 nitrogen and oxygen atoms in total. The average molecular weight is 348 g/mol. The average Bonchev–Trinajstić information content (AvgIpc) is 3.07. The van der Waals surface area contributed by atoms with Gasteiger partial charge in [-0.25, -0.2) is 0 Å². The van der Waals surface area contributed by atoms with Crippen LogP contribution in [0.5, 0.6) is 11.5 Å². The minimum atomic E-state index is -0.205. The molecule has 1 spiro atoms. The minimum Gasteiger partial charge on any atom is -0.508 e. The molecule has 0 aromatic heterocycles. The topological polar surface area (TPSA) is 40.5 Å². The number of hydrogen-bond donors (Lipinski definition) is 2. The van der Waals surface area contributed by atoms with Crippen LogP contribution in [0.3, 0.4) is 0 Å². The smallest absolute Gasteiger partial charge is 0.119 e. The molecule has 0 amide bonds. The van der Waals surface area contributed by atoms with E-state index in [-0.39, 0.29) is 5.41 Å². The zero-order valence-electron chi connectivity index (χ0n) is 15.9. The summed E-state index contributed by atoms with van der Waals surface area (Å²) in [6.07, 6.45) is 4.37. The fourth-order valence-electron chi connectivity index (χ4n) is 6.62. The van der Waals surface area contributed by atoms with Gasteiger partial charge in [-0.2, -0.15) is 0 Å². The van der Waals surface area contributed by atoms with Gasteiger partial charge in [-0.3, -0.25) is 0 Å². The fraction of sp³-hybridized carbons (Fsp3) is 0.500. The van der Waals surface area contributed by atoms with Gasteiger partial charge in [0.25, 0.3) is 0 Å². The minimum absolute atomic E-state index is 0.205. The van der Waals surface area contributed by atoms with Gasteiger partial charge in [0.05, 0.1) is 0 Å². The first-order valence-electron chi connectivity index (χ1n) is 9.96. The lowest BCUT2D eigenvalue weighted by Gasteiger charge is -2.49. The van der Waals surface area contributed by atoms with Gasteiger partial charge in [0.1, 0.15) is 11.5 Å². The highest BCUT2D eigenvalue weighted by atomic mass is 16.3. The molecule has 2 aromatic rings. The van der Waals surface area contributed by atoms with Gasteiger partial charge in [0, 0.05) is 16.5 Å². The number of hydrogen-bond acceptors (Lipinski definition) is 2. The Hall–Kier alpha value is -1.96. The van der Waals surface area contributed by atoms with E-state index in [2.05, 4.69) is 32.9 Å². The van der Waals surface area contributed by atoms with Crippen LogP contribution in [0.2, 0.25) is 0 Å². The summed E-state index contributed by atoms with van der Waals surface area (Å²) in [5, 5.41) is 21.7. The van der Waals surface area contributed by atoms with Crippen molar-refractivity contribution in [1.82, 2.24) is 0 Å². The highest BCUT2D eigenvalue weighted by Gasteiger charge is 2.62. The van der Waals surface area contributed by atoms with Crippen molar-refractivity contribution in [2.75, 3.05) is 0 Å². The summed E-state index contributed by atoms with van der Waals surface area (Å²) in [7, 11) is 0. The van der Waals surface area contributed by atoms with E-state index in [9.17, 15) is 10.2 Å². The van der Waals surface area contributed by atoms with Gasteiger partial charge in [0.2, 0.25) is 0 Å². The molecule has 0 radical (unpaired) electrons. The van der Waals surface area contributed by atoms with Gasteiger partial charge in [-0.15, -0.1) is 0 Å². The van der Waals surface area contributed by atoms with Gasteiger partial charge < -0.3 is 10.2 Å². The van der Waals surface area contributed by atoms with E-state index < -0.39 is 0 Å². The number of fused-ring (bicyclic) bond motifs is 2. The fourth-order valence-corrected chi connectivity index (χ4v) is 6.62. The maximum absolute atomic E-state index is 10.9. The van der Waals surface area contributed by atoms with E-state index in [0.29, 0.717) is 34.7 Å².